The molecule has 23 heavy (non-hydrogen) atoms. The van der Waals surface area contributed by atoms with Gasteiger partial charge in [-0.2, -0.15) is 0 Å². The third-order valence-electron chi connectivity index (χ3n) is 4.27. The van der Waals surface area contributed by atoms with E-state index in [9.17, 15) is 4.79 Å². The van der Waals surface area contributed by atoms with Gasteiger partial charge in [-0.3, -0.25) is 4.79 Å². The SMILES string of the molecule is CCCCC(=C(C)C(N)=O)C(c1ccccc1)c1ccccc1. The third kappa shape index (κ3) is 4.32. The first kappa shape index (κ1) is 17.0. The van der Waals surface area contributed by atoms with Gasteiger partial charge in [-0.05, 0) is 36.5 Å². The summed E-state index contributed by atoms with van der Waals surface area (Å²) in [5.74, 6) is -0.246. The van der Waals surface area contributed by atoms with E-state index in [4.69, 9.17) is 5.73 Å². The number of hydrogen-bond acceptors (Lipinski definition) is 1. The predicted molar refractivity (Wildman–Crippen MR) is 96.1 cm³/mol. The Labute approximate surface area is 139 Å². The normalized spacial score (nSPS) is 12.1. The minimum Gasteiger partial charge on any atom is -0.366 e. The zero-order valence-corrected chi connectivity index (χ0v) is 14.0. The second kappa shape index (κ2) is 8.33. The summed E-state index contributed by atoms with van der Waals surface area (Å²) in [6.07, 6.45) is 3.03. The van der Waals surface area contributed by atoms with E-state index in [0.29, 0.717) is 5.57 Å². The lowest BCUT2D eigenvalue weighted by atomic mass is 9.80. The highest BCUT2D eigenvalue weighted by Crippen LogP contribution is 2.36. The first-order valence-corrected chi connectivity index (χ1v) is 8.24. The van der Waals surface area contributed by atoms with Crippen LogP contribution < -0.4 is 5.73 Å². The van der Waals surface area contributed by atoms with Crippen molar-refractivity contribution >= 4 is 5.91 Å². The summed E-state index contributed by atoms with van der Waals surface area (Å²) in [6.45, 7) is 4.02. The van der Waals surface area contributed by atoms with Gasteiger partial charge in [-0.1, -0.05) is 74.0 Å². The molecule has 2 rings (SSSR count). The van der Waals surface area contributed by atoms with Crippen molar-refractivity contribution in [1.29, 1.82) is 0 Å². The molecule has 0 aliphatic heterocycles. The largest absolute Gasteiger partial charge is 0.366 e. The Bertz CT molecular complexity index is 619. The standard InChI is InChI=1S/C21H25NO/c1-3-4-15-19(16(2)21(22)23)20(17-11-7-5-8-12-17)18-13-9-6-10-14-18/h5-14,20H,3-4,15H2,1-2H3,(H2,22,23). The number of rotatable bonds is 7. The number of hydrogen-bond donors (Lipinski definition) is 1. The highest BCUT2D eigenvalue weighted by Gasteiger charge is 2.22. The topological polar surface area (TPSA) is 43.1 Å². The van der Waals surface area contributed by atoms with Crippen LogP contribution >= 0.6 is 0 Å². The molecule has 0 atom stereocenters. The number of benzene rings is 2. The Balaban J connectivity index is 2.58. The van der Waals surface area contributed by atoms with Crippen molar-refractivity contribution in [2.75, 3.05) is 0 Å². The van der Waals surface area contributed by atoms with Crippen molar-refractivity contribution in [2.45, 2.75) is 39.0 Å². The van der Waals surface area contributed by atoms with E-state index in [1.165, 1.54) is 11.1 Å². The Kier molecular flexibility index (Phi) is 6.16. The molecule has 0 spiro atoms. The highest BCUT2D eigenvalue weighted by molar-refractivity contribution is 5.92. The summed E-state index contributed by atoms with van der Waals surface area (Å²) in [7, 11) is 0. The monoisotopic (exact) mass is 307 g/mol. The van der Waals surface area contributed by atoms with Gasteiger partial charge in [0.25, 0.3) is 0 Å². The average molecular weight is 307 g/mol. The van der Waals surface area contributed by atoms with Crippen molar-refractivity contribution < 1.29 is 4.79 Å². The number of carbonyl (C=O) groups excluding carboxylic acids is 1. The fourth-order valence-electron chi connectivity index (χ4n) is 2.96. The first-order chi connectivity index (χ1) is 11.1. The molecule has 0 aromatic heterocycles. The lowest BCUT2D eigenvalue weighted by Crippen LogP contribution is -2.17. The lowest BCUT2D eigenvalue weighted by Gasteiger charge is -2.24. The number of primary amides is 1. The van der Waals surface area contributed by atoms with Crippen LogP contribution in [0.2, 0.25) is 0 Å². The summed E-state index contributed by atoms with van der Waals surface area (Å²) in [5.41, 5.74) is 9.83. The smallest absolute Gasteiger partial charge is 0.244 e. The van der Waals surface area contributed by atoms with Crippen LogP contribution in [0.4, 0.5) is 0 Å². The minimum atomic E-state index is -0.326. The number of amides is 1. The number of allylic oxidation sites excluding steroid dienone is 1. The summed E-state index contributed by atoms with van der Waals surface area (Å²) in [5, 5.41) is 0. The molecule has 0 unspecified atom stereocenters. The molecule has 0 aliphatic carbocycles. The molecule has 2 heteroatoms. The van der Waals surface area contributed by atoms with Gasteiger partial charge in [0.05, 0.1) is 0 Å². The molecule has 2 N–H and O–H groups in total. The summed E-state index contributed by atoms with van der Waals surface area (Å²) in [4.78, 5) is 11.8. The summed E-state index contributed by atoms with van der Waals surface area (Å²) >= 11 is 0. The van der Waals surface area contributed by atoms with Crippen LogP contribution in [0.25, 0.3) is 0 Å². The van der Waals surface area contributed by atoms with Gasteiger partial charge in [0, 0.05) is 11.5 Å². The van der Waals surface area contributed by atoms with Crippen LogP contribution in [-0.4, -0.2) is 5.91 Å². The Morgan fingerprint density at radius 3 is 1.83 bits per heavy atom. The van der Waals surface area contributed by atoms with Crippen LogP contribution in [-0.2, 0) is 4.79 Å². The van der Waals surface area contributed by atoms with E-state index in [1.807, 2.05) is 43.3 Å². The Morgan fingerprint density at radius 1 is 0.957 bits per heavy atom. The maximum absolute atomic E-state index is 11.8. The minimum absolute atomic E-state index is 0.0800. The third-order valence-corrected chi connectivity index (χ3v) is 4.27. The van der Waals surface area contributed by atoms with Gasteiger partial charge < -0.3 is 5.73 Å². The van der Waals surface area contributed by atoms with Gasteiger partial charge in [-0.15, -0.1) is 0 Å². The number of carbonyl (C=O) groups is 1. The molecule has 0 fully saturated rings. The number of nitrogens with two attached hydrogens (primary N) is 1. The second-order valence-electron chi connectivity index (χ2n) is 5.87. The van der Waals surface area contributed by atoms with Gasteiger partial charge in [-0.25, -0.2) is 0 Å². The molecule has 0 saturated carbocycles. The van der Waals surface area contributed by atoms with Gasteiger partial charge in [0.2, 0.25) is 5.91 Å². The van der Waals surface area contributed by atoms with Crippen LogP contribution in [0, 0.1) is 0 Å². The Hall–Kier alpha value is -2.35. The lowest BCUT2D eigenvalue weighted by molar-refractivity contribution is -0.114. The fourth-order valence-corrected chi connectivity index (χ4v) is 2.96. The number of unbranched alkanes of at least 4 members (excludes halogenated alkanes) is 1. The van der Waals surface area contributed by atoms with Gasteiger partial charge >= 0.3 is 0 Å². The van der Waals surface area contributed by atoms with E-state index >= 15 is 0 Å². The van der Waals surface area contributed by atoms with Crippen molar-refractivity contribution in [1.82, 2.24) is 0 Å². The van der Waals surface area contributed by atoms with Crippen LogP contribution in [0.3, 0.4) is 0 Å². The molecule has 0 saturated heterocycles. The molecule has 2 nitrogen and oxygen atoms in total. The maximum Gasteiger partial charge on any atom is 0.244 e. The zero-order chi connectivity index (χ0) is 16.7. The van der Waals surface area contributed by atoms with Crippen LogP contribution in [0.1, 0.15) is 50.2 Å². The van der Waals surface area contributed by atoms with Gasteiger partial charge in [0.15, 0.2) is 0 Å². The van der Waals surface area contributed by atoms with Crippen molar-refractivity contribution in [3.63, 3.8) is 0 Å². The van der Waals surface area contributed by atoms with Crippen molar-refractivity contribution in [2.24, 2.45) is 5.73 Å². The summed E-state index contributed by atoms with van der Waals surface area (Å²) in [6, 6.07) is 20.7. The Morgan fingerprint density at radius 2 is 1.43 bits per heavy atom. The van der Waals surface area contributed by atoms with E-state index in [-0.39, 0.29) is 11.8 Å². The quantitative estimate of drug-likeness (QED) is 0.733. The van der Waals surface area contributed by atoms with E-state index in [0.717, 1.165) is 24.8 Å². The molecule has 0 heterocycles. The molecular formula is C21H25NO. The van der Waals surface area contributed by atoms with Crippen LogP contribution in [0.5, 0.6) is 0 Å². The highest BCUT2D eigenvalue weighted by atomic mass is 16.1. The molecule has 0 aliphatic rings. The van der Waals surface area contributed by atoms with Crippen LogP contribution in [0.15, 0.2) is 71.8 Å². The molecule has 120 valence electrons. The maximum atomic E-state index is 11.8. The molecular weight excluding hydrogens is 282 g/mol. The molecule has 1 amide bonds. The fraction of sp³-hybridized carbons (Fsp3) is 0.286. The van der Waals surface area contributed by atoms with E-state index in [1.54, 1.807) is 0 Å². The van der Waals surface area contributed by atoms with Gasteiger partial charge in [0.1, 0.15) is 0 Å². The molecule has 0 radical (unpaired) electrons. The summed E-state index contributed by atoms with van der Waals surface area (Å²) < 4.78 is 0. The predicted octanol–water partition coefficient (Wildman–Crippen LogP) is 4.81. The second-order valence-corrected chi connectivity index (χ2v) is 5.87. The van der Waals surface area contributed by atoms with Crippen molar-refractivity contribution in [3.05, 3.63) is 82.9 Å². The molecule has 2 aromatic carbocycles. The molecule has 2 aromatic rings. The van der Waals surface area contributed by atoms with E-state index in [2.05, 4.69) is 31.2 Å². The van der Waals surface area contributed by atoms with E-state index < -0.39 is 0 Å². The zero-order valence-electron chi connectivity index (χ0n) is 14.0. The molecule has 0 bridgehead atoms. The average Bonchev–Trinajstić information content (AvgIpc) is 2.59. The van der Waals surface area contributed by atoms with Crippen molar-refractivity contribution in [3.8, 4) is 0 Å². The first-order valence-electron chi connectivity index (χ1n) is 8.24.